The highest BCUT2D eigenvalue weighted by molar-refractivity contribution is 6.04. The Bertz CT molecular complexity index is 582. The molecule has 0 bridgehead atoms. The molecular weight excluding hydrogens is 235 g/mol. The third kappa shape index (κ3) is 2.63. The van der Waals surface area contributed by atoms with Gasteiger partial charge in [0, 0.05) is 18.0 Å². The van der Waals surface area contributed by atoms with Crippen LogP contribution in [-0.2, 0) is 0 Å². The standard InChI is InChI=1S/C13H11FN2O2/c1-8-2-3-9(7-15-8)13(18)16-12-5-4-10(17)6-11(12)14/h2-7,17H,1H3,(H,16,18). The molecule has 0 radical (unpaired) electrons. The van der Waals surface area contributed by atoms with Crippen molar-refractivity contribution in [1.82, 2.24) is 4.98 Å². The highest BCUT2D eigenvalue weighted by atomic mass is 19.1. The molecule has 1 aromatic carbocycles. The van der Waals surface area contributed by atoms with Gasteiger partial charge in [-0.15, -0.1) is 0 Å². The van der Waals surface area contributed by atoms with E-state index in [0.29, 0.717) is 5.56 Å². The van der Waals surface area contributed by atoms with Crippen LogP contribution in [0.25, 0.3) is 0 Å². The molecule has 0 saturated carbocycles. The van der Waals surface area contributed by atoms with Gasteiger partial charge in [-0.05, 0) is 31.2 Å². The van der Waals surface area contributed by atoms with Crippen LogP contribution in [-0.4, -0.2) is 16.0 Å². The third-order valence-corrected chi connectivity index (χ3v) is 2.37. The molecule has 0 spiro atoms. The second-order valence-electron chi connectivity index (χ2n) is 3.81. The van der Waals surface area contributed by atoms with Gasteiger partial charge in [-0.3, -0.25) is 9.78 Å². The van der Waals surface area contributed by atoms with Crippen LogP contribution in [0.15, 0.2) is 36.5 Å². The molecule has 1 heterocycles. The van der Waals surface area contributed by atoms with E-state index in [1.807, 2.05) is 0 Å². The number of halogens is 1. The van der Waals surface area contributed by atoms with Crippen molar-refractivity contribution in [3.63, 3.8) is 0 Å². The van der Waals surface area contributed by atoms with E-state index in [0.717, 1.165) is 11.8 Å². The zero-order chi connectivity index (χ0) is 13.1. The van der Waals surface area contributed by atoms with Gasteiger partial charge in [0.15, 0.2) is 0 Å². The van der Waals surface area contributed by atoms with E-state index < -0.39 is 11.7 Å². The summed E-state index contributed by atoms with van der Waals surface area (Å²) in [5, 5.41) is 11.5. The van der Waals surface area contributed by atoms with E-state index >= 15 is 0 Å². The molecule has 5 heteroatoms. The van der Waals surface area contributed by atoms with Crippen LogP contribution in [0.4, 0.5) is 10.1 Å². The number of hydrogen-bond acceptors (Lipinski definition) is 3. The number of phenolic OH excluding ortho intramolecular Hbond substituents is 1. The third-order valence-electron chi connectivity index (χ3n) is 2.37. The zero-order valence-electron chi connectivity index (χ0n) is 9.64. The molecule has 0 aliphatic rings. The Hall–Kier alpha value is -2.43. The number of rotatable bonds is 2. The molecule has 0 aliphatic carbocycles. The van der Waals surface area contributed by atoms with Gasteiger partial charge >= 0.3 is 0 Å². The number of benzene rings is 1. The van der Waals surface area contributed by atoms with Gasteiger partial charge < -0.3 is 10.4 Å². The molecular formula is C13H11FN2O2. The average molecular weight is 246 g/mol. The van der Waals surface area contributed by atoms with Crippen molar-refractivity contribution in [3.05, 3.63) is 53.6 Å². The Morgan fingerprint density at radius 3 is 2.72 bits per heavy atom. The minimum Gasteiger partial charge on any atom is -0.508 e. The van der Waals surface area contributed by atoms with Crippen molar-refractivity contribution < 1.29 is 14.3 Å². The maximum atomic E-state index is 13.4. The monoisotopic (exact) mass is 246 g/mol. The molecule has 1 amide bonds. The first kappa shape index (κ1) is 12.0. The first-order chi connectivity index (χ1) is 8.56. The highest BCUT2D eigenvalue weighted by Gasteiger charge is 2.09. The van der Waals surface area contributed by atoms with E-state index in [9.17, 15) is 9.18 Å². The van der Waals surface area contributed by atoms with Gasteiger partial charge in [0.25, 0.3) is 5.91 Å². The van der Waals surface area contributed by atoms with Crippen LogP contribution < -0.4 is 5.32 Å². The molecule has 18 heavy (non-hydrogen) atoms. The minimum absolute atomic E-state index is 0.0124. The van der Waals surface area contributed by atoms with Gasteiger partial charge in [0.05, 0.1) is 11.3 Å². The number of amides is 1. The van der Waals surface area contributed by atoms with E-state index in [4.69, 9.17) is 5.11 Å². The SMILES string of the molecule is Cc1ccc(C(=O)Nc2ccc(O)cc2F)cn1. The lowest BCUT2D eigenvalue weighted by atomic mass is 10.2. The minimum atomic E-state index is -0.691. The topological polar surface area (TPSA) is 62.2 Å². The quantitative estimate of drug-likeness (QED) is 0.800. The van der Waals surface area contributed by atoms with Crippen LogP contribution >= 0.6 is 0 Å². The van der Waals surface area contributed by atoms with Crippen molar-refractivity contribution >= 4 is 11.6 Å². The molecule has 2 rings (SSSR count). The number of aromatic hydroxyl groups is 1. The summed E-state index contributed by atoms with van der Waals surface area (Å²) in [5.74, 6) is -1.34. The maximum Gasteiger partial charge on any atom is 0.257 e. The molecule has 92 valence electrons. The summed E-state index contributed by atoms with van der Waals surface area (Å²) >= 11 is 0. The van der Waals surface area contributed by atoms with Crippen molar-refractivity contribution in [1.29, 1.82) is 0 Å². The molecule has 2 aromatic rings. The number of anilines is 1. The highest BCUT2D eigenvalue weighted by Crippen LogP contribution is 2.19. The first-order valence-electron chi connectivity index (χ1n) is 5.29. The Kier molecular flexibility index (Phi) is 3.23. The zero-order valence-corrected chi connectivity index (χ0v) is 9.64. The van der Waals surface area contributed by atoms with Crippen molar-refractivity contribution in [2.24, 2.45) is 0 Å². The normalized spacial score (nSPS) is 10.1. The predicted octanol–water partition coefficient (Wildman–Crippen LogP) is 2.49. The Balaban J connectivity index is 2.18. The molecule has 1 aromatic heterocycles. The fourth-order valence-electron chi connectivity index (χ4n) is 1.40. The smallest absolute Gasteiger partial charge is 0.257 e. The van der Waals surface area contributed by atoms with E-state index in [1.165, 1.54) is 18.3 Å². The Morgan fingerprint density at radius 1 is 1.33 bits per heavy atom. The van der Waals surface area contributed by atoms with Gasteiger partial charge in [-0.25, -0.2) is 4.39 Å². The second kappa shape index (κ2) is 4.83. The number of carbonyl (C=O) groups excluding carboxylic acids is 1. The van der Waals surface area contributed by atoms with E-state index in [-0.39, 0.29) is 11.4 Å². The summed E-state index contributed by atoms with van der Waals surface area (Å²) in [7, 11) is 0. The van der Waals surface area contributed by atoms with Gasteiger partial charge in [0.1, 0.15) is 11.6 Å². The molecule has 2 N–H and O–H groups in total. The van der Waals surface area contributed by atoms with Crippen molar-refractivity contribution in [3.8, 4) is 5.75 Å². The average Bonchev–Trinajstić information content (AvgIpc) is 2.33. The fraction of sp³-hybridized carbons (Fsp3) is 0.0769. The lowest BCUT2D eigenvalue weighted by molar-refractivity contribution is 0.102. The maximum absolute atomic E-state index is 13.4. The Morgan fingerprint density at radius 2 is 2.11 bits per heavy atom. The lowest BCUT2D eigenvalue weighted by Crippen LogP contribution is -2.13. The van der Waals surface area contributed by atoms with Crippen molar-refractivity contribution in [2.45, 2.75) is 6.92 Å². The lowest BCUT2D eigenvalue weighted by Gasteiger charge is -2.06. The number of aryl methyl sites for hydroxylation is 1. The van der Waals surface area contributed by atoms with Crippen LogP contribution in [0.2, 0.25) is 0 Å². The summed E-state index contributed by atoms with van der Waals surface area (Å²) in [4.78, 5) is 15.8. The molecule has 0 aliphatic heterocycles. The Labute approximate surface area is 103 Å². The number of phenols is 1. The van der Waals surface area contributed by atoms with Crippen molar-refractivity contribution in [2.75, 3.05) is 5.32 Å². The number of aromatic nitrogens is 1. The van der Waals surface area contributed by atoms with Crippen LogP contribution in [0.3, 0.4) is 0 Å². The predicted molar refractivity (Wildman–Crippen MR) is 65.0 cm³/mol. The molecule has 4 nitrogen and oxygen atoms in total. The van der Waals surface area contributed by atoms with E-state index in [2.05, 4.69) is 10.3 Å². The van der Waals surface area contributed by atoms with Gasteiger partial charge in [-0.1, -0.05) is 0 Å². The van der Waals surface area contributed by atoms with Gasteiger partial charge in [0.2, 0.25) is 0 Å². The van der Waals surface area contributed by atoms with Crippen LogP contribution in [0.1, 0.15) is 16.1 Å². The van der Waals surface area contributed by atoms with Crippen LogP contribution in [0.5, 0.6) is 5.75 Å². The summed E-state index contributed by atoms with van der Waals surface area (Å²) < 4.78 is 13.4. The summed E-state index contributed by atoms with van der Waals surface area (Å²) in [6, 6.07) is 6.83. The molecule has 0 saturated heterocycles. The summed E-state index contributed by atoms with van der Waals surface area (Å²) in [5.41, 5.74) is 1.15. The molecule has 0 atom stereocenters. The first-order valence-corrected chi connectivity index (χ1v) is 5.29. The van der Waals surface area contributed by atoms with E-state index in [1.54, 1.807) is 19.1 Å². The number of nitrogens with one attached hydrogen (secondary N) is 1. The molecule has 0 unspecified atom stereocenters. The number of hydrogen-bond donors (Lipinski definition) is 2. The number of carbonyl (C=O) groups is 1. The summed E-state index contributed by atoms with van der Waals surface area (Å²) in [6.07, 6.45) is 1.42. The number of pyridine rings is 1. The van der Waals surface area contributed by atoms with Crippen LogP contribution in [0, 0.1) is 12.7 Å². The summed E-state index contributed by atoms with van der Waals surface area (Å²) in [6.45, 7) is 1.81. The second-order valence-corrected chi connectivity index (χ2v) is 3.81. The van der Waals surface area contributed by atoms with Gasteiger partial charge in [-0.2, -0.15) is 0 Å². The fourth-order valence-corrected chi connectivity index (χ4v) is 1.40. The number of nitrogens with zero attached hydrogens (tertiary/aromatic N) is 1. The largest absolute Gasteiger partial charge is 0.508 e. The molecule has 0 fully saturated rings.